The molecule has 0 spiro atoms. The summed E-state index contributed by atoms with van der Waals surface area (Å²) in [5.41, 5.74) is 4.88. The van der Waals surface area contributed by atoms with Gasteiger partial charge in [-0.05, 0) is 36.6 Å². The van der Waals surface area contributed by atoms with E-state index in [9.17, 15) is 9.90 Å². The number of imidazole rings is 1. The van der Waals surface area contributed by atoms with Crippen molar-refractivity contribution < 1.29 is 14.3 Å². The molecule has 10 heteroatoms. The molecule has 2 aromatic carbocycles. The molecule has 0 unspecified atom stereocenters. The number of halogens is 1. The van der Waals surface area contributed by atoms with E-state index < -0.39 is 11.7 Å². The summed E-state index contributed by atoms with van der Waals surface area (Å²) < 4.78 is 18.7. The van der Waals surface area contributed by atoms with Crippen LogP contribution in [0, 0.1) is 5.82 Å². The van der Waals surface area contributed by atoms with Crippen molar-refractivity contribution in [2.75, 3.05) is 5.32 Å². The van der Waals surface area contributed by atoms with Gasteiger partial charge < -0.3 is 15.7 Å². The molecule has 3 aromatic heterocycles. The SMILES string of the molecule is Cn1nccc1CNc1nc(-c2ccccc2CO)cn2c(-c3ccc(C(=O)NC4CC4)c(F)c3)cnc12. The van der Waals surface area contributed by atoms with Gasteiger partial charge in [0.2, 0.25) is 0 Å². The van der Waals surface area contributed by atoms with Crippen molar-refractivity contribution in [3.8, 4) is 22.5 Å². The van der Waals surface area contributed by atoms with Crippen LogP contribution in [0.15, 0.2) is 67.1 Å². The van der Waals surface area contributed by atoms with Gasteiger partial charge in [0.25, 0.3) is 5.91 Å². The van der Waals surface area contributed by atoms with E-state index in [1.165, 1.54) is 12.1 Å². The summed E-state index contributed by atoms with van der Waals surface area (Å²) >= 11 is 0. The Labute approximate surface area is 218 Å². The van der Waals surface area contributed by atoms with Crippen molar-refractivity contribution in [2.45, 2.75) is 32.0 Å². The maximum absolute atomic E-state index is 15.1. The van der Waals surface area contributed by atoms with E-state index in [2.05, 4.69) is 20.7 Å². The zero-order chi connectivity index (χ0) is 26.2. The van der Waals surface area contributed by atoms with Crippen molar-refractivity contribution in [2.24, 2.45) is 7.05 Å². The summed E-state index contributed by atoms with van der Waals surface area (Å²) in [6, 6.07) is 14.1. The highest BCUT2D eigenvalue weighted by Gasteiger charge is 2.25. The van der Waals surface area contributed by atoms with Crippen LogP contribution in [0.1, 0.15) is 34.5 Å². The third-order valence-corrected chi connectivity index (χ3v) is 6.74. The lowest BCUT2D eigenvalue weighted by Gasteiger charge is -2.13. The minimum absolute atomic E-state index is 0.0206. The first-order valence-corrected chi connectivity index (χ1v) is 12.4. The van der Waals surface area contributed by atoms with Crippen molar-refractivity contribution in [1.82, 2.24) is 29.5 Å². The van der Waals surface area contributed by atoms with Gasteiger partial charge in [0, 0.05) is 36.6 Å². The standard InChI is InChI=1S/C28H26FN7O2/c1-35-20(10-11-32-35)13-30-26-27-31-14-25(17-6-9-22(23(29)12-17)28(38)33-19-7-8-19)36(27)15-24(34-26)21-5-3-2-4-18(21)16-37/h2-6,9-12,14-15,19,37H,7-8,13,16H2,1H3,(H,30,34)(H,33,38). The summed E-state index contributed by atoms with van der Waals surface area (Å²) in [7, 11) is 1.87. The van der Waals surface area contributed by atoms with Crippen LogP contribution in [0.4, 0.5) is 10.2 Å². The number of amides is 1. The first kappa shape index (κ1) is 23.8. The number of nitrogens with zero attached hydrogens (tertiary/aromatic N) is 5. The number of anilines is 1. The van der Waals surface area contributed by atoms with Crippen LogP contribution in [0.25, 0.3) is 28.2 Å². The number of aromatic nitrogens is 5. The summed E-state index contributed by atoms with van der Waals surface area (Å²) in [5.74, 6) is -0.461. The number of nitrogens with one attached hydrogen (secondary N) is 2. The number of hydrogen-bond donors (Lipinski definition) is 3. The molecule has 1 aliphatic carbocycles. The molecule has 3 N–H and O–H groups in total. The van der Waals surface area contributed by atoms with Crippen LogP contribution in [0.2, 0.25) is 0 Å². The Morgan fingerprint density at radius 1 is 1.18 bits per heavy atom. The molecule has 1 fully saturated rings. The highest BCUT2D eigenvalue weighted by atomic mass is 19.1. The summed E-state index contributed by atoms with van der Waals surface area (Å²) in [6.45, 7) is 0.325. The third kappa shape index (κ3) is 4.50. The highest BCUT2D eigenvalue weighted by Crippen LogP contribution is 2.30. The minimum atomic E-state index is -0.593. The second-order valence-corrected chi connectivity index (χ2v) is 9.37. The van der Waals surface area contributed by atoms with Crippen LogP contribution in [-0.4, -0.2) is 41.2 Å². The Balaban J connectivity index is 1.44. The van der Waals surface area contributed by atoms with E-state index >= 15 is 4.39 Å². The summed E-state index contributed by atoms with van der Waals surface area (Å²) in [5, 5.41) is 20.3. The van der Waals surface area contributed by atoms with Crippen molar-refractivity contribution in [3.05, 3.63) is 89.8 Å². The number of aryl methyl sites for hydroxylation is 1. The third-order valence-electron chi connectivity index (χ3n) is 6.74. The maximum atomic E-state index is 15.1. The highest BCUT2D eigenvalue weighted by molar-refractivity contribution is 5.95. The molecule has 6 rings (SSSR count). The minimum Gasteiger partial charge on any atom is -0.392 e. The number of fused-ring (bicyclic) bond motifs is 1. The fourth-order valence-corrected chi connectivity index (χ4v) is 4.46. The van der Waals surface area contributed by atoms with E-state index in [0.29, 0.717) is 35.0 Å². The molecule has 1 amide bonds. The van der Waals surface area contributed by atoms with Crippen molar-refractivity contribution in [1.29, 1.82) is 0 Å². The van der Waals surface area contributed by atoms with Gasteiger partial charge in [-0.3, -0.25) is 13.9 Å². The molecular weight excluding hydrogens is 485 g/mol. The average Bonchev–Trinajstić information content (AvgIpc) is 3.48. The smallest absolute Gasteiger partial charge is 0.254 e. The van der Waals surface area contributed by atoms with Gasteiger partial charge in [0.05, 0.1) is 42.0 Å². The second-order valence-electron chi connectivity index (χ2n) is 9.37. The Morgan fingerprint density at radius 3 is 2.76 bits per heavy atom. The maximum Gasteiger partial charge on any atom is 0.254 e. The van der Waals surface area contributed by atoms with E-state index in [1.807, 2.05) is 48.0 Å². The van der Waals surface area contributed by atoms with Gasteiger partial charge in [-0.25, -0.2) is 14.4 Å². The van der Waals surface area contributed by atoms with Crippen LogP contribution in [0.3, 0.4) is 0 Å². The first-order valence-electron chi connectivity index (χ1n) is 12.4. The molecule has 5 aromatic rings. The van der Waals surface area contributed by atoms with Gasteiger partial charge in [-0.1, -0.05) is 30.3 Å². The monoisotopic (exact) mass is 511 g/mol. The van der Waals surface area contributed by atoms with Gasteiger partial charge in [-0.2, -0.15) is 5.10 Å². The molecule has 0 atom stereocenters. The van der Waals surface area contributed by atoms with Gasteiger partial charge in [0.15, 0.2) is 11.5 Å². The number of aliphatic hydroxyl groups is 1. The largest absolute Gasteiger partial charge is 0.392 e. The predicted molar refractivity (Wildman–Crippen MR) is 141 cm³/mol. The van der Waals surface area contributed by atoms with E-state index in [4.69, 9.17) is 4.98 Å². The molecule has 0 bridgehead atoms. The topological polar surface area (TPSA) is 109 Å². The normalized spacial score (nSPS) is 13.1. The summed E-state index contributed by atoms with van der Waals surface area (Å²) in [4.78, 5) is 21.9. The summed E-state index contributed by atoms with van der Waals surface area (Å²) in [6.07, 6.45) is 7.07. The molecule has 1 saturated carbocycles. The molecule has 9 nitrogen and oxygen atoms in total. The molecule has 0 radical (unpaired) electrons. The molecule has 0 aliphatic heterocycles. The number of rotatable bonds is 8. The lowest BCUT2D eigenvalue weighted by molar-refractivity contribution is 0.0947. The molecule has 192 valence electrons. The predicted octanol–water partition coefficient (Wildman–Crippen LogP) is 3.93. The number of carbonyl (C=O) groups is 1. The molecular formula is C28H26FN7O2. The second kappa shape index (κ2) is 9.71. The molecule has 1 aliphatic rings. The van der Waals surface area contributed by atoms with Gasteiger partial charge in [0.1, 0.15) is 5.82 Å². The fraction of sp³-hybridized carbons (Fsp3) is 0.214. The Morgan fingerprint density at radius 2 is 2.03 bits per heavy atom. The van der Waals surface area contributed by atoms with Crippen LogP contribution >= 0.6 is 0 Å². The van der Waals surface area contributed by atoms with Gasteiger partial charge in [-0.15, -0.1) is 0 Å². The zero-order valence-electron chi connectivity index (χ0n) is 20.7. The number of aliphatic hydroxyl groups excluding tert-OH is 1. The molecule has 38 heavy (non-hydrogen) atoms. The number of benzene rings is 2. The Hall–Kier alpha value is -4.57. The van der Waals surface area contributed by atoms with E-state index in [-0.39, 0.29) is 18.2 Å². The van der Waals surface area contributed by atoms with Crippen LogP contribution < -0.4 is 10.6 Å². The lowest BCUT2D eigenvalue weighted by Crippen LogP contribution is -2.26. The van der Waals surface area contributed by atoms with E-state index in [1.54, 1.807) is 23.1 Å². The quantitative estimate of drug-likeness (QED) is 0.291. The molecule has 0 saturated heterocycles. The zero-order valence-corrected chi connectivity index (χ0v) is 20.7. The average molecular weight is 512 g/mol. The van der Waals surface area contributed by atoms with E-state index in [0.717, 1.165) is 29.7 Å². The van der Waals surface area contributed by atoms with Crippen LogP contribution in [-0.2, 0) is 20.2 Å². The van der Waals surface area contributed by atoms with Gasteiger partial charge >= 0.3 is 0 Å². The number of hydrogen-bond acceptors (Lipinski definition) is 6. The van der Waals surface area contributed by atoms with Crippen molar-refractivity contribution >= 4 is 17.4 Å². The first-order chi connectivity index (χ1) is 18.5. The number of carbonyl (C=O) groups excluding carboxylic acids is 1. The fourth-order valence-electron chi connectivity index (χ4n) is 4.46. The van der Waals surface area contributed by atoms with Crippen LogP contribution in [0.5, 0.6) is 0 Å². The Bertz CT molecular complexity index is 1650. The Kier molecular flexibility index (Phi) is 6.09. The molecule has 3 heterocycles. The lowest BCUT2D eigenvalue weighted by atomic mass is 10.1. The van der Waals surface area contributed by atoms with Crippen molar-refractivity contribution in [3.63, 3.8) is 0 Å².